The minimum atomic E-state index is 0.845. The molecule has 0 aliphatic carbocycles. The Hall–Kier alpha value is -1.00. The van der Waals surface area contributed by atoms with E-state index in [9.17, 15) is 0 Å². The maximum absolute atomic E-state index is 5.26. The van der Waals surface area contributed by atoms with Crippen LogP contribution in [0.1, 0.15) is 9.75 Å². The van der Waals surface area contributed by atoms with Crippen molar-refractivity contribution in [3.05, 3.63) is 44.6 Å². The highest BCUT2D eigenvalue weighted by molar-refractivity contribution is 9.10. The first-order chi connectivity index (χ1) is 8.19. The number of anilines is 1. The molecular formula is C13H14BrNOS. The Balaban J connectivity index is 2.04. The van der Waals surface area contributed by atoms with E-state index in [1.807, 2.05) is 29.5 Å². The summed E-state index contributed by atoms with van der Waals surface area (Å²) in [6.07, 6.45) is 0. The van der Waals surface area contributed by atoms with E-state index in [0.717, 1.165) is 22.5 Å². The first-order valence-electron chi connectivity index (χ1n) is 5.32. The number of methoxy groups -OCH3 is 1. The van der Waals surface area contributed by atoms with Gasteiger partial charge in [-0.1, -0.05) is 0 Å². The third-order valence-corrected chi connectivity index (χ3v) is 4.07. The molecule has 0 amide bonds. The summed E-state index contributed by atoms with van der Waals surface area (Å²) in [7, 11) is 1.67. The normalized spacial score (nSPS) is 10.3. The van der Waals surface area contributed by atoms with E-state index < -0.39 is 0 Å². The van der Waals surface area contributed by atoms with Crippen molar-refractivity contribution >= 4 is 33.0 Å². The van der Waals surface area contributed by atoms with Crippen molar-refractivity contribution in [2.24, 2.45) is 0 Å². The molecule has 0 radical (unpaired) electrons. The lowest BCUT2D eigenvalue weighted by Gasteiger charge is -2.08. The smallest absolute Gasteiger partial charge is 0.135 e. The lowest BCUT2D eigenvalue weighted by molar-refractivity contribution is 0.412. The second kappa shape index (κ2) is 5.56. The standard InChI is InChI=1S/C13H14BrNOS/c1-9-3-5-11(17-9)8-15-10-4-6-12(14)13(7-10)16-2/h3-7,15H,8H2,1-2H3. The molecule has 1 N–H and O–H groups in total. The molecule has 2 rings (SSSR count). The van der Waals surface area contributed by atoms with Gasteiger partial charge in [-0.15, -0.1) is 11.3 Å². The molecule has 17 heavy (non-hydrogen) atoms. The lowest BCUT2D eigenvalue weighted by Crippen LogP contribution is -1.97. The third-order valence-electron chi connectivity index (χ3n) is 2.41. The van der Waals surface area contributed by atoms with Gasteiger partial charge in [0.05, 0.1) is 11.6 Å². The van der Waals surface area contributed by atoms with E-state index in [0.29, 0.717) is 0 Å². The average Bonchev–Trinajstić information content (AvgIpc) is 2.74. The summed E-state index contributed by atoms with van der Waals surface area (Å²) >= 11 is 5.26. The lowest BCUT2D eigenvalue weighted by atomic mass is 10.3. The first kappa shape index (κ1) is 12.5. The molecule has 2 nitrogen and oxygen atoms in total. The molecule has 1 aromatic carbocycles. The highest BCUT2D eigenvalue weighted by atomic mass is 79.9. The highest BCUT2D eigenvalue weighted by Gasteiger charge is 2.02. The van der Waals surface area contributed by atoms with Crippen molar-refractivity contribution in [3.8, 4) is 5.75 Å². The SMILES string of the molecule is COc1cc(NCc2ccc(C)s2)ccc1Br. The van der Waals surface area contributed by atoms with Crippen LogP contribution >= 0.6 is 27.3 Å². The molecule has 0 aliphatic rings. The van der Waals surface area contributed by atoms with Gasteiger partial charge in [-0.2, -0.15) is 0 Å². The zero-order valence-corrected chi connectivity index (χ0v) is 12.2. The molecule has 0 unspecified atom stereocenters. The van der Waals surface area contributed by atoms with Gasteiger partial charge in [0.1, 0.15) is 5.75 Å². The molecule has 4 heteroatoms. The molecule has 90 valence electrons. The molecule has 0 spiro atoms. The van der Waals surface area contributed by atoms with Crippen molar-refractivity contribution in [3.63, 3.8) is 0 Å². The quantitative estimate of drug-likeness (QED) is 0.901. The van der Waals surface area contributed by atoms with Gasteiger partial charge < -0.3 is 10.1 Å². The Labute approximate surface area is 114 Å². The topological polar surface area (TPSA) is 21.3 Å². The Morgan fingerprint density at radius 2 is 2.12 bits per heavy atom. The van der Waals surface area contributed by atoms with E-state index in [4.69, 9.17) is 4.74 Å². The third kappa shape index (κ3) is 3.23. The average molecular weight is 312 g/mol. The summed E-state index contributed by atoms with van der Waals surface area (Å²) in [5.74, 6) is 0.845. The molecule has 2 aromatic rings. The van der Waals surface area contributed by atoms with Crippen LogP contribution in [-0.2, 0) is 6.54 Å². The monoisotopic (exact) mass is 311 g/mol. The number of halogens is 1. The minimum Gasteiger partial charge on any atom is -0.495 e. The maximum Gasteiger partial charge on any atom is 0.135 e. The summed E-state index contributed by atoms with van der Waals surface area (Å²) in [6, 6.07) is 10.3. The maximum atomic E-state index is 5.26. The zero-order valence-electron chi connectivity index (χ0n) is 9.79. The first-order valence-corrected chi connectivity index (χ1v) is 6.92. The van der Waals surface area contributed by atoms with E-state index in [1.165, 1.54) is 9.75 Å². The predicted molar refractivity (Wildman–Crippen MR) is 77.1 cm³/mol. The van der Waals surface area contributed by atoms with Crippen LogP contribution in [0.5, 0.6) is 5.75 Å². The van der Waals surface area contributed by atoms with Crippen molar-refractivity contribution in [2.75, 3.05) is 12.4 Å². The van der Waals surface area contributed by atoms with Gasteiger partial charge in [0.25, 0.3) is 0 Å². The molecule has 0 atom stereocenters. The van der Waals surface area contributed by atoms with Crippen LogP contribution < -0.4 is 10.1 Å². The number of rotatable bonds is 4. The highest BCUT2D eigenvalue weighted by Crippen LogP contribution is 2.28. The van der Waals surface area contributed by atoms with Crippen LogP contribution in [0.25, 0.3) is 0 Å². The Bertz CT molecular complexity index is 510. The number of nitrogens with one attached hydrogen (secondary N) is 1. The summed E-state index contributed by atoms with van der Waals surface area (Å²) in [4.78, 5) is 2.68. The van der Waals surface area contributed by atoms with Crippen LogP contribution in [0.4, 0.5) is 5.69 Å². The summed E-state index contributed by atoms with van der Waals surface area (Å²) in [5, 5.41) is 3.39. The van der Waals surface area contributed by atoms with Crippen LogP contribution in [0.15, 0.2) is 34.8 Å². The van der Waals surface area contributed by atoms with Gasteiger partial charge >= 0.3 is 0 Å². The van der Waals surface area contributed by atoms with Gasteiger partial charge in [0.2, 0.25) is 0 Å². The second-order valence-electron chi connectivity index (χ2n) is 3.72. The van der Waals surface area contributed by atoms with E-state index in [2.05, 4.69) is 40.3 Å². The number of benzene rings is 1. The van der Waals surface area contributed by atoms with Crippen molar-refractivity contribution in [2.45, 2.75) is 13.5 Å². The fourth-order valence-electron chi connectivity index (χ4n) is 1.54. The number of hydrogen-bond acceptors (Lipinski definition) is 3. The Kier molecular flexibility index (Phi) is 4.07. The fourth-order valence-corrected chi connectivity index (χ4v) is 2.78. The molecular weight excluding hydrogens is 298 g/mol. The fraction of sp³-hybridized carbons (Fsp3) is 0.231. The summed E-state index contributed by atoms with van der Waals surface area (Å²) in [5.41, 5.74) is 1.07. The minimum absolute atomic E-state index is 0.845. The van der Waals surface area contributed by atoms with E-state index >= 15 is 0 Å². The van der Waals surface area contributed by atoms with Gasteiger partial charge in [0.15, 0.2) is 0 Å². The van der Waals surface area contributed by atoms with Crippen LogP contribution in [0.3, 0.4) is 0 Å². The predicted octanol–water partition coefficient (Wildman–Crippen LogP) is 4.44. The molecule has 0 saturated heterocycles. The van der Waals surface area contributed by atoms with Crippen LogP contribution in [0.2, 0.25) is 0 Å². The van der Waals surface area contributed by atoms with Gasteiger partial charge in [0, 0.05) is 28.1 Å². The molecule has 0 fully saturated rings. The number of hydrogen-bond donors (Lipinski definition) is 1. The summed E-state index contributed by atoms with van der Waals surface area (Å²) in [6.45, 7) is 2.97. The Morgan fingerprint density at radius 1 is 1.29 bits per heavy atom. The molecule has 1 heterocycles. The largest absolute Gasteiger partial charge is 0.495 e. The van der Waals surface area contributed by atoms with Gasteiger partial charge in [-0.05, 0) is 47.1 Å². The number of aryl methyl sites for hydroxylation is 1. The summed E-state index contributed by atoms with van der Waals surface area (Å²) < 4.78 is 6.23. The van der Waals surface area contributed by atoms with Crippen LogP contribution in [0, 0.1) is 6.92 Å². The number of thiophene rings is 1. The molecule has 1 aromatic heterocycles. The molecule has 0 bridgehead atoms. The number of ether oxygens (including phenoxy) is 1. The van der Waals surface area contributed by atoms with E-state index in [1.54, 1.807) is 7.11 Å². The van der Waals surface area contributed by atoms with Crippen LogP contribution in [-0.4, -0.2) is 7.11 Å². The van der Waals surface area contributed by atoms with E-state index in [-0.39, 0.29) is 0 Å². The molecule has 0 saturated carbocycles. The van der Waals surface area contributed by atoms with Gasteiger partial charge in [-0.3, -0.25) is 0 Å². The van der Waals surface area contributed by atoms with Crippen molar-refractivity contribution < 1.29 is 4.74 Å². The van der Waals surface area contributed by atoms with Crippen molar-refractivity contribution in [1.82, 2.24) is 0 Å². The van der Waals surface area contributed by atoms with Gasteiger partial charge in [-0.25, -0.2) is 0 Å². The van der Waals surface area contributed by atoms with Crippen molar-refractivity contribution in [1.29, 1.82) is 0 Å². The molecule has 0 aliphatic heterocycles. The zero-order chi connectivity index (χ0) is 12.3. The second-order valence-corrected chi connectivity index (χ2v) is 5.94. The Morgan fingerprint density at radius 3 is 2.76 bits per heavy atom.